The van der Waals surface area contributed by atoms with Crippen LogP contribution in [0.15, 0.2) is 18.2 Å². The Morgan fingerprint density at radius 3 is 3.06 bits per heavy atom. The van der Waals surface area contributed by atoms with Gasteiger partial charge in [-0.1, -0.05) is 6.07 Å². The Hall–Kier alpha value is -1.30. The lowest BCUT2D eigenvalue weighted by Gasteiger charge is -2.12. The second-order valence-electron chi connectivity index (χ2n) is 4.18. The molecule has 1 heterocycles. The largest absolute Gasteiger partial charge is 0.454 e. The molecule has 2 N–H and O–H groups in total. The van der Waals surface area contributed by atoms with Gasteiger partial charge in [0.05, 0.1) is 6.10 Å². The van der Waals surface area contributed by atoms with Gasteiger partial charge in [0.25, 0.3) is 0 Å². The van der Waals surface area contributed by atoms with Crippen LogP contribution >= 0.6 is 0 Å². The van der Waals surface area contributed by atoms with Crippen molar-refractivity contribution in [3.05, 3.63) is 23.8 Å². The summed E-state index contributed by atoms with van der Waals surface area (Å²) in [6.07, 6.45) is 0.395. The second-order valence-corrected chi connectivity index (χ2v) is 4.18. The van der Waals surface area contributed by atoms with E-state index in [1.54, 1.807) is 7.11 Å². The maximum Gasteiger partial charge on any atom is 0.231 e. The van der Waals surface area contributed by atoms with Crippen LogP contribution in [-0.4, -0.2) is 38.7 Å². The molecule has 1 aliphatic rings. The second kappa shape index (κ2) is 6.58. The van der Waals surface area contributed by atoms with Gasteiger partial charge in [-0.25, -0.2) is 0 Å². The van der Waals surface area contributed by atoms with Gasteiger partial charge in [0.15, 0.2) is 11.5 Å². The van der Waals surface area contributed by atoms with Crippen molar-refractivity contribution in [3.63, 3.8) is 0 Å². The van der Waals surface area contributed by atoms with E-state index in [4.69, 9.17) is 14.2 Å². The summed E-state index contributed by atoms with van der Waals surface area (Å²) in [6, 6.07) is 5.50. The zero-order valence-corrected chi connectivity index (χ0v) is 10.5. The van der Waals surface area contributed by atoms with E-state index in [1.165, 1.54) is 0 Å². The van der Waals surface area contributed by atoms with Crippen LogP contribution < -0.4 is 14.8 Å². The summed E-state index contributed by atoms with van der Waals surface area (Å²) in [5, 5.41) is 13.2. The summed E-state index contributed by atoms with van der Waals surface area (Å²) in [5.41, 5.74) is 0.832. The molecule has 0 bridgehead atoms. The highest BCUT2D eigenvalue weighted by atomic mass is 16.7. The summed E-state index contributed by atoms with van der Waals surface area (Å²) >= 11 is 0. The fraction of sp³-hybridized carbons (Fsp3) is 0.538. The van der Waals surface area contributed by atoms with Crippen molar-refractivity contribution in [3.8, 4) is 11.5 Å². The van der Waals surface area contributed by atoms with E-state index >= 15 is 0 Å². The fourth-order valence-electron chi connectivity index (χ4n) is 1.82. The summed E-state index contributed by atoms with van der Waals surface area (Å²) < 4.78 is 15.5. The first-order chi connectivity index (χ1) is 8.81. The quantitative estimate of drug-likeness (QED) is 0.712. The van der Waals surface area contributed by atoms with Crippen LogP contribution in [0.5, 0.6) is 11.5 Å². The van der Waals surface area contributed by atoms with E-state index < -0.39 is 6.10 Å². The third kappa shape index (κ3) is 3.35. The first kappa shape index (κ1) is 13.1. The molecule has 1 unspecified atom stereocenters. The fourth-order valence-corrected chi connectivity index (χ4v) is 1.82. The molecule has 100 valence electrons. The number of benzene rings is 1. The van der Waals surface area contributed by atoms with Gasteiger partial charge in [-0.05, 0) is 30.7 Å². The SMILES string of the molecule is COCCCNCC(O)c1ccc2c(c1)OCO2. The Bertz CT molecular complexity index is 383. The zero-order chi connectivity index (χ0) is 12.8. The predicted molar refractivity (Wildman–Crippen MR) is 66.9 cm³/mol. The molecule has 5 nitrogen and oxygen atoms in total. The number of nitrogens with one attached hydrogen (secondary N) is 1. The molecule has 1 aromatic rings. The molecule has 0 radical (unpaired) electrons. The summed E-state index contributed by atoms with van der Waals surface area (Å²) in [6.45, 7) is 2.33. The average Bonchev–Trinajstić information content (AvgIpc) is 2.85. The Balaban J connectivity index is 1.80. The number of methoxy groups -OCH3 is 1. The van der Waals surface area contributed by atoms with Gasteiger partial charge < -0.3 is 24.6 Å². The number of rotatable bonds is 7. The van der Waals surface area contributed by atoms with Crippen LogP contribution in [0.25, 0.3) is 0 Å². The normalized spacial score (nSPS) is 14.8. The van der Waals surface area contributed by atoms with Gasteiger partial charge in [0.1, 0.15) is 0 Å². The number of aliphatic hydroxyl groups excluding tert-OH is 1. The van der Waals surface area contributed by atoms with Gasteiger partial charge in [-0.15, -0.1) is 0 Å². The van der Waals surface area contributed by atoms with Crippen molar-refractivity contribution < 1.29 is 19.3 Å². The number of ether oxygens (including phenoxy) is 3. The monoisotopic (exact) mass is 253 g/mol. The zero-order valence-electron chi connectivity index (χ0n) is 10.5. The lowest BCUT2D eigenvalue weighted by Crippen LogP contribution is -2.23. The highest BCUT2D eigenvalue weighted by Crippen LogP contribution is 2.33. The molecule has 2 rings (SSSR count). The van der Waals surface area contributed by atoms with Gasteiger partial charge in [0, 0.05) is 20.3 Å². The Morgan fingerprint density at radius 2 is 2.22 bits per heavy atom. The number of aliphatic hydroxyl groups is 1. The van der Waals surface area contributed by atoms with Crippen molar-refractivity contribution >= 4 is 0 Å². The van der Waals surface area contributed by atoms with Crippen LogP contribution in [0.1, 0.15) is 18.1 Å². The molecule has 0 spiro atoms. The van der Waals surface area contributed by atoms with Gasteiger partial charge in [0.2, 0.25) is 6.79 Å². The predicted octanol–water partition coefficient (Wildman–Crippen LogP) is 1.07. The van der Waals surface area contributed by atoms with Gasteiger partial charge in [-0.2, -0.15) is 0 Å². The Kier molecular flexibility index (Phi) is 4.81. The van der Waals surface area contributed by atoms with E-state index in [0.29, 0.717) is 12.3 Å². The Labute approximate surface area is 107 Å². The molecule has 0 aromatic heterocycles. The standard InChI is InChI=1S/C13H19NO4/c1-16-6-2-5-14-8-11(15)10-3-4-12-13(7-10)18-9-17-12/h3-4,7,11,14-15H,2,5-6,8-9H2,1H3. The summed E-state index contributed by atoms with van der Waals surface area (Å²) in [7, 11) is 1.68. The average molecular weight is 253 g/mol. The molecule has 1 aliphatic heterocycles. The highest BCUT2D eigenvalue weighted by Gasteiger charge is 2.16. The van der Waals surface area contributed by atoms with E-state index in [-0.39, 0.29) is 6.79 Å². The molecule has 0 saturated heterocycles. The Morgan fingerprint density at radius 1 is 1.39 bits per heavy atom. The minimum absolute atomic E-state index is 0.254. The molecule has 0 amide bonds. The number of fused-ring (bicyclic) bond motifs is 1. The molecule has 0 fully saturated rings. The maximum absolute atomic E-state index is 10.0. The molecule has 1 aromatic carbocycles. The van der Waals surface area contributed by atoms with Crippen LogP contribution in [0, 0.1) is 0 Å². The van der Waals surface area contributed by atoms with Crippen molar-refractivity contribution in [1.82, 2.24) is 5.32 Å². The summed E-state index contributed by atoms with van der Waals surface area (Å²) in [5.74, 6) is 1.44. The third-order valence-electron chi connectivity index (χ3n) is 2.82. The lowest BCUT2D eigenvalue weighted by atomic mass is 10.1. The smallest absolute Gasteiger partial charge is 0.231 e. The van der Waals surface area contributed by atoms with Gasteiger partial charge >= 0.3 is 0 Å². The minimum atomic E-state index is -0.540. The molecule has 18 heavy (non-hydrogen) atoms. The van der Waals surface area contributed by atoms with Crippen molar-refractivity contribution in [2.24, 2.45) is 0 Å². The molecule has 1 atom stereocenters. The molecule has 0 saturated carbocycles. The number of hydrogen-bond donors (Lipinski definition) is 2. The number of hydrogen-bond acceptors (Lipinski definition) is 5. The van der Waals surface area contributed by atoms with Crippen molar-refractivity contribution in [2.45, 2.75) is 12.5 Å². The third-order valence-corrected chi connectivity index (χ3v) is 2.82. The highest BCUT2D eigenvalue weighted by molar-refractivity contribution is 5.45. The van der Waals surface area contributed by atoms with Crippen LogP contribution in [0.4, 0.5) is 0 Å². The topological polar surface area (TPSA) is 60.0 Å². The van der Waals surface area contributed by atoms with Crippen LogP contribution in [0.2, 0.25) is 0 Å². The van der Waals surface area contributed by atoms with Crippen molar-refractivity contribution in [1.29, 1.82) is 0 Å². The van der Waals surface area contributed by atoms with E-state index in [0.717, 1.165) is 30.9 Å². The van der Waals surface area contributed by atoms with E-state index in [9.17, 15) is 5.11 Å². The lowest BCUT2D eigenvalue weighted by molar-refractivity contribution is 0.166. The first-order valence-corrected chi connectivity index (χ1v) is 6.08. The first-order valence-electron chi connectivity index (χ1n) is 6.08. The van der Waals surface area contributed by atoms with Crippen LogP contribution in [-0.2, 0) is 4.74 Å². The van der Waals surface area contributed by atoms with E-state index in [1.807, 2.05) is 18.2 Å². The minimum Gasteiger partial charge on any atom is -0.454 e. The van der Waals surface area contributed by atoms with E-state index in [2.05, 4.69) is 5.32 Å². The van der Waals surface area contributed by atoms with Crippen LogP contribution in [0.3, 0.4) is 0 Å². The van der Waals surface area contributed by atoms with Gasteiger partial charge in [-0.3, -0.25) is 0 Å². The molecule has 5 heteroatoms. The molecule has 0 aliphatic carbocycles. The maximum atomic E-state index is 10.0. The molecular formula is C13H19NO4. The summed E-state index contributed by atoms with van der Waals surface area (Å²) in [4.78, 5) is 0. The molecular weight excluding hydrogens is 234 g/mol. The van der Waals surface area contributed by atoms with Crippen molar-refractivity contribution in [2.75, 3.05) is 33.6 Å².